The Kier molecular flexibility index (Phi) is 8.18. The van der Waals surface area contributed by atoms with Crippen molar-refractivity contribution in [1.82, 2.24) is 0 Å². The number of allylic oxidation sites excluding steroid dienone is 2. The van der Waals surface area contributed by atoms with Crippen molar-refractivity contribution in [2.45, 2.75) is 18.3 Å². The zero-order valence-corrected chi connectivity index (χ0v) is 20.7. The fraction of sp³-hybridized carbons (Fsp3) is 0.152. The first kappa shape index (κ1) is 25.5. The van der Waals surface area contributed by atoms with Crippen LogP contribution in [0.2, 0.25) is 0 Å². The Morgan fingerprint density at radius 3 is 1.62 bits per heavy atom. The summed E-state index contributed by atoms with van der Waals surface area (Å²) in [6, 6.07) is 27.4. The second-order valence-electron chi connectivity index (χ2n) is 8.92. The SMILES string of the molecule is C=CCOc1ccc(/C=C2\CC(C#N)(c3ccccc3)C/C(=C\c3ccc(OCC=C)cc3)C2=O)cc1. The molecule has 0 atom stereocenters. The summed E-state index contributed by atoms with van der Waals surface area (Å²) < 4.78 is 11.1. The van der Waals surface area contributed by atoms with E-state index in [4.69, 9.17) is 9.47 Å². The van der Waals surface area contributed by atoms with Crippen LogP contribution in [-0.2, 0) is 10.2 Å². The molecule has 1 fully saturated rings. The highest BCUT2D eigenvalue weighted by molar-refractivity contribution is 6.14. The minimum absolute atomic E-state index is 0.0410. The van der Waals surface area contributed by atoms with Gasteiger partial charge in [-0.05, 0) is 65.9 Å². The number of carbonyl (C=O) groups is 1. The second-order valence-corrected chi connectivity index (χ2v) is 8.92. The molecular formula is C33H29NO3. The molecule has 184 valence electrons. The molecule has 0 spiro atoms. The molecule has 0 radical (unpaired) electrons. The maximum atomic E-state index is 13.7. The highest BCUT2D eigenvalue weighted by atomic mass is 16.5. The van der Waals surface area contributed by atoms with E-state index in [1.807, 2.05) is 91.0 Å². The topological polar surface area (TPSA) is 59.3 Å². The zero-order valence-electron chi connectivity index (χ0n) is 20.7. The van der Waals surface area contributed by atoms with E-state index >= 15 is 0 Å². The van der Waals surface area contributed by atoms with Gasteiger partial charge >= 0.3 is 0 Å². The molecule has 0 aliphatic heterocycles. The van der Waals surface area contributed by atoms with Crippen molar-refractivity contribution >= 4 is 17.9 Å². The van der Waals surface area contributed by atoms with Crippen LogP contribution in [0, 0.1) is 11.3 Å². The predicted octanol–water partition coefficient (Wildman–Crippen LogP) is 7.11. The van der Waals surface area contributed by atoms with Crippen molar-refractivity contribution in [3.8, 4) is 17.6 Å². The smallest absolute Gasteiger partial charge is 0.185 e. The number of benzene rings is 3. The Morgan fingerprint density at radius 1 is 0.757 bits per heavy atom. The van der Waals surface area contributed by atoms with Gasteiger partial charge in [-0.15, -0.1) is 0 Å². The standard InChI is InChI=1S/C33H29NO3/c1-3-18-36-30-14-10-25(11-15-30)20-27-22-33(24-34,29-8-6-5-7-9-29)23-28(32(27)35)21-26-12-16-31(17-13-26)37-19-4-2/h3-17,20-21H,1-2,18-19,22-23H2/b27-20+,28-21+. The molecule has 0 bridgehead atoms. The third-order valence-electron chi connectivity index (χ3n) is 6.29. The summed E-state index contributed by atoms with van der Waals surface area (Å²) in [6.45, 7) is 8.18. The van der Waals surface area contributed by atoms with Gasteiger partial charge in [0.1, 0.15) is 24.7 Å². The largest absolute Gasteiger partial charge is 0.490 e. The first-order valence-corrected chi connectivity index (χ1v) is 12.2. The highest BCUT2D eigenvalue weighted by Gasteiger charge is 2.41. The van der Waals surface area contributed by atoms with E-state index < -0.39 is 5.41 Å². The Labute approximate surface area is 218 Å². The van der Waals surface area contributed by atoms with Crippen molar-refractivity contribution in [2.75, 3.05) is 13.2 Å². The number of rotatable bonds is 9. The van der Waals surface area contributed by atoms with E-state index in [0.29, 0.717) is 37.2 Å². The van der Waals surface area contributed by atoms with E-state index in [2.05, 4.69) is 19.2 Å². The Morgan fingerprint density at radius 2 is 1.22 bits per heavy atom. The molecule has 0 amide bonds. The first-order chi connectivity index (χ1) is 18.1. The average molecular weight is 488 g/mol. The summed E-state index contributed by atoms with van der Waals surface area (Å²) in [5.41, 5.74) is 3.02. The van der Waals surface area contributed by atoms with Crippen molar-refractivity contribution < 1.29 is 14.3 Å². The lowest BCUT2D eigenvalue weighted by atomic mass is 9.66. The number of nitrogens with zero attached hydrogens (tertiary/aromatic N) is 1. The third kappa shape index (κ3) is 6.15. The summed E-state index contributed by atoms with van der Waals surface area (Å²) in [5.74, 6) is 1.42. The van der Waals surface area contributed by atoms with Gasteiger partial charge in [-0.1, -0.05) is 79.9 Å². The molecule has 4 rings (SSSR count). The van der Waals surface area contributed by atoms with Gasteiger partial charge in [0.05, 0.1) is 11.5 Å². The lowest BCUT2D eigenvalue weighted by molar-refractivity contribution is -0.113. The lowest BCUT2D eigenvalue weighted by Crippen LogP contribution is -2.33. The highest BCUT2D eigenvalue weighted by Crippen LogP contribution is 2.43. The van der Waals surface area contributed by atoms with Crippen molar-refractivity contribution in [2.24, 2.45) is 0 Å². The summed E-state index contributed by atoms with van der Waals surface area (Å²) in [6.07, 6.45) is 7.83. The Bertz CT molecular complexity index is 1280. The number of nitriles is 1. The van der Waals surface area contributed by atoms with E-state index in [0.717, 1.165) is 28.2 Å². The van der Waals surface area contributed by atoms with Crippen LogP contribution in [0.5, 0.6) is 11.5 Å². The molecule has 4 nitrogen and oxygen atoms in total. The van der Waals surface area contributed by atoms with E-state index in [1.165, 1.54) is 0 Å². The quantitative estimate of drug-likeness (QED) is 0.238. The van der Waals surface area contributed by atoms with Gasteiger partial charge in [-0.2, -0.15) is 5.26 Å². The molecule has 0 unspecified atom stereocenters. The molecule has 1 aliphatic carbocycles. The molecule has 0 heterocycles. The second kappa shape index (κ2) is 11.9. The van der Waals surface area contributed by atoms with E-state index in [9.17, 15) is 10.1 Å². The van der Waals surface area contributed by atoms with Crippen molar-refractivity contribution in [3.63, 3.8) is 0 Å². The summed E-state index contributed by atoms with van der Waals surface area (Å²) in [5, 5.41) is 10.4. The molecule has 1 aliphatic rings. The molecule has 1 saturated carbocycles. The minimum atomic E-state index is -0.840. The van der Waals surface area contributed by atoms with Gasteiger partial charge in [0.2, 0.25) is 0 Å². The molecule has 0 N–H and O–H groups in total. The normalized spacial score (nSPS) is 19.3. The van der Waals surface area contributed by atoms with E-state index in [1.54, 1.807) is 12.2 Å². The van der Waals surface area contributed by atoms with Crippen LogP contribution in [0.4, 0.5) is 0 Å². The van der Waals surface area contributed by atoms with Crippen LogP contribution < -0.4 is 9.47 Å². The summed E-state index contributed by atoms with van der Waals surface area (Å²) >= 11 is 0. The number of Topliss-reactive ketones (excluding diaryl/α,β-unsaturated/α-hetero) is 1. The monoisotopic (exact) mass is 487 g/mol. The van der Waals surface area contributed by atoms with Crippen LogP contribution in [-0.4, -0.2) is 19.0 Å². The molecule has 37 heavy (non-hydrogen) atoms. The number of carbonyl (C=O) groups excluding carboxylic acids is 1. The van der Waals surface area contributed by atoms with Gasteiger partial charge in [-0.25, -0.2) is 0 Å². The maximum Gasteiger partial charge on any atom is 0.185 e. The summed E-state index contributed by atoms with van der Waals surface area (Å²) in [7, 11) is 0. The van der Waals surface area contributed by atoms with Gasteiger partial charge < -0.3 is 9.47 Å². The summed E-state index contributed by atoms with van der Waals surface area (Å²) in [4.78, 5) is 13.7. The molecular weight excluding hydrogens is 458 g/mol. The maximum absolute atomic E-state index is 13.7. The predicted molar refractivity (Wildman–Crippen MR) is 148 cm³/mol. The number of ether oxygens (including phenoxy) is 2. The number of hydrogen-bond acceptors (Lipinski definition) is 4. The van der Waals surface area contributed by atoms with Gasteiger partial charge in [0, 0.05) is 11.1 Å². The number of ketones is 1. The fourth-order valence-corrected chi connectivity index (χ4v) is 4.45. The van der Waals surface area contributed by atoms with Gasteiger partial charge in [0.25, 0.3) is 0 Å². The van der Waals surface area contributed by atoms with Crippen LogP contribution in [0.1, 0.15) is 29.5 Å². The van der Waals surface area contributed by atoms with Crippen LogP contribution in [0.15, 0.2) is 115 Å². The van der Waals surface area contributed by atoms with Gasteiger partial charge in [-0.3, -0.25) is 4.79 Å². The van der Waals surface area contributed by atoms with Crippen LogP contribution in [0.3, 0.4) is 0 Å². The number of hydrogen-bond donors (Lipinski definition) is 0. The third-order valence-corrected chi connectivity index (χ3v) is 6.29. The average Bonchev–Trinajstić information content (AvgIpc) is 2.95. The Hall–Kier alpha value is -4.62. The lowest BCUT2D eigenvalue weighted by Gasteiger charge is -2.33. The molecule has 4 heteroatoms. The molecule has 3 aromatic carbocycles. The van der Waals surface area contributed by atoms with Crippen molar-refractivity contribution in [1.29, 1.82) is 5.26 Å². The minimum Gasteiger partial charge on any atom is -0.490 e. The molecule has 0 saturated heterocycles. The van der Waals surface area contributed by atoms with Gasteiger partial charge in [0.15, 0.2) is 5.78 Å². The van der Waals surface area contributed by atoms with E-state index in [-0.39, 0.29) is 5.78 Å². The Balaban J connectivity index is 1.72. The van der Waals surface area contributed by atoms with Crippen molar-refractivity contribution in [3.05, 3.63) is 132 Å². The van der Waals surface area contributed by atoms with Crippen LogP contribution in [0.25, 0.3) is 12.2 Å². The zero-order chi connectivity index (χ0) is 26.1. The first-order valence-electron chi connectivity index (χ1n) is 12.2. The van der Waals surface area contributed by atoms with Crippen LogP contribution >= 0.6 is 0 Å². The fourth-order valence-electron chi connectivity index (χ4n) is 4.45. The molecule has 0 aromatic heterocycles. The molecule has 3 aromatic rings.